The molecular formula is C19H23NO2. The second-order valence-electron chi connectivity index (χ2n) is 6.00. The quantitative estimate of drug-likeness (QED) is 0.937. The van der Waals surface area contributed by atoms with Gasteiger partial charge in [-0.25, -0.2) is 0 Å². The number of hydrogen-bond acceptors (Lipinski definition) is 3. The highest BCUT2D eigenvalue weighted by Crippen LogP contribution is 2.43. The van der Waals surface area contributed by atoms with Crippen LogP contribution >= 0.6 is 0 Å². The smallest absolute Gasteiger partial charge is 0.131 e. The van der Waals surface area contributed by atoms with Gasteiger partial charge in [0.05, 0.1) is 7.11 Å². The summed E-state index contributed by atoms with van der Waals surface area (Å²) in [4.78, 5) is 0. The fourth-order valence-corrected chi connectivity index (χ4v) is 3.09. The molecule has 1 aliphatic heterocycles. The fraction of sp³-hybridized carbons (Fsp3) is 0.368. The van der Waals surface area contributed by atoms with Crippen LogP contribution in [0.4, 0.5) is 0 Å². The summed E-state index contributed by atoms with van der Waals surface area (Å²) in [6, 6.07) is 10.7. The van der Waals surface area contributed by atoms with Crippen LogP contribution in [0.5, 0.6) is 11.5 Å². The lowest BCUT2D eigenvalue weighted by Gasteiger charge is -2.15. The summed E-state index contributed by atoms with van der Waals surface area (Å²) in [7, 11) is 1.71. The molecule has 3 nitrogen and oxygen atoms in total. The summed E-state index contributed by atoms with van der Waals surface area (Å²) in [5, 5.41) is 0. The van der Waals surface area contributed by atoms with E-state index in [4.69, 9.17) is 15.2 Å². The van der Waals surface area contributed by atoms with Crippen LogP contribution in [-0.2, 0) is 6.42 Å². The molecule has 0 fully saturated rings. The van der Waals surface area contributed by atoms with Crippen LogP contribution in [-0.4, -0.2) is 19.8 Å². The van der Waals surface area contributed by atoms with Crippen molar-refractivity contribution < 1.29 is 9.47 Å². The van der Waals surface area contributed by atoms with Crippen LogP contribution in [0, 0.1) is 13.8 Å². The zero-order chi connectivity index (χ0) is 15.7. The van der Waals surface area contributed by atoms with E-state index in [9.17, 15) is 0 Å². The molecule has 1 heterocycles. The number of ether oxygens (including phenoxy) is 2. The van der Waals surface area contributed by atoms with Gasteiger partial charge in [0.2, 0.25) is 0 Å². The van der Waals surface area contributed by atoms with Gasteiger partial charge in [-0.05, 0) is 50.1 Å². The lowest BCUT2D eigenvalue weighted by molar-refractivity contribution is 0.225. The Hall–Kier alpha value is -2.00. The van der Waals surface area contributed by atoms with Gasteiger partial charge in [-0.1, -0.05) is 23.8 Å². The van der Waals surface area contributed by atoms with E-state index in [1.165, 1.54) is 22.3 Å². The van der Waals surface area contributed by atoms with E-state index in [1.807, 2.05) is 0 Å². The molecule has 2 N–H and O–H groups in total. The van der Waals surface area contributed by atoms with Gasteiger partial charge in [-0.3, -0.25) is 0 Å². The van der Waals surface area contributed by atoms with Crippen molar-refractivity contribution in [3.63, 3.8) is 0 Å². The molecule has 22 heavy (non-hydrogen) atoms. The molecule has 1 unspecified atom stereocenters. The lowest BCUT2D eigenvalue weighted by Crippen LogP contribution is -2.17. The second-order valence-corrected chi connectivity index (χ2v) is 6.00. The first kappa shape index (κ1) is 14.9. The maximum atomic E-state index is 6.19. The minimum atomic E-state index is 0.177. The zero-order valence-electron chi connectivity index (χ0n) is 13.5. The van der Waals surface area contributed by atoms with Crippen molar-refractivity contribution in [3.05, 3.63) is 47.0 Å². The van der Waals surface area contributed by atoms with Gasteiger partial charge in [0.15, 0.2) is 0 Å². The largest absolute Gasteiger partial charge is 0.497 e. The molecular weight excluding hydrogens is 274 g/mol. The minimum Gasteiger partial charge on any atom is -0.497 e. The standard InChI is InChI=1S/C19H23NO2/c1-12-4-5-13(2)17(8-12)18-11-16(21-3)10-14-9-15(6-7-20)22-19(14)18/h4-5,8,10-11,15H,6-7,9,20H2,1-3H3. The molecule has 0 saturated carbocycles. The summed E-state index contributed by atoms with van der Waals surface area (Å²) in [5.41, 5.74) is 11.7. The molecule has 1 atom stereocenters. The normalized spacial score (nSPS) is 16.3. The first-order chi connectivity index (χ1) is 10.6. The Balaban J connectivity index is 2.12. The molecule has 0 aliphatic carbocycles. The van der Waals surface area contributed by atoms with E-state index in [0.29, 0.717) is 6.54 Å². The molecule has 0 aromatic heterocycles. The number of methoxy groups -OCH3 is 1. The average molecular weight is 297 g/mol. The zero-order valence-corrected chi connectivity index (χ0v) is 13.5. The molecule has 116 valence electrons. The van der Waals surface area contributed by atoms with Crippen LogP contribution in [0.3, 0.4) is 0 Å². The molecule has 2 aromatic carbocycles. The summed E-state index contributed by atoms with van der Waals surface area (Å²) in [6.07, 6.45) is 1.96. The van der Waals surface area contributed by atoms with Crippen LogP contribution in [0.1, 0.15) is 23.1 Å². The van der Waals surface area contributed by atoms with Gasteiger partial charge in [-0.2, -0.15) is 0 Å². The summed E-state index contributed by atoms with van der Waals surface area (Å²) in [5.74, 6) is 1.87. The third-order valence-corrected chi connectivity index (χ3v) is 4.28. The average Bonchev–Trinajstić information content (AvgIpc) is 2.91. The van der Waals surface area contributed by atoms with Gasteiger partial charge in [0.1, 0.15) is 17.6 Å². The first-order valence-corrected chi connectivity index (χ1v) is 7.77. The Morgan fingerprint density at radius 1 is 1.18 bits per heavy atom. The summed E-state index contributed by atoms with van der Waals surface area (Å²) in [6.45, 7) is 4.89. The number of fused-ring (bicyclic) bond motifs is 1. The maximum absolute atomic E-state index is 6.19. The fourth-order valence-electron chi connectivity index (χ4n) is 3.09. The van der Waals surface area contributed by atoms with Gasteiger partial charge < -0.3 is 15.2 Å². The highest BCUT2D eigenvalue weighted by atomic mass is 16.5. The predicted octanol–water partition coefficient (Wildman–Crippen LogP) is 3.63. The monoisotopic (exact) mass is 297 g/mol. The van der Waals surface area contributed by atoms with Crippen LogP contribution in [0.15, 0.2) is 30.3 Å². The number of rotatable bonds is 4. The Morgan fingerprint density at radius 2 is 2.00 bits per heavy atom. The van der Waals surface area contributed by atoms with Crippen LogP contribution < -0.4 is 15.2 Å². The van der Waals surface area contributed by atoms with Crippen molar-refractivity contribution in [2.24, 2.45) is 5.73 Å². The van der Waals surface area contributed by atoms with Gasteiger partial charge in [0, 0.05) is 17.5 Å². The van der Waals surface area contributed by atoms with E-state index in [0.717, 1.165) is 29.9 Å². The Bertz CT molecular complexity index is 694. The van der Waals surface area contributed by atoms with Crippen LogP contribution in [0.2, 0.25) is 0 Å². The minimum absolute atomic E-state index is 0.177. The third-order valence-electron chi connectivity index (χ3n) is 4.28. The van der Waals surface area contributed by atoms with Crippen molar-refractivity contribution in [2.45, 2.75) is 32.8 Å². The molecule has 0 radical (unpaired) electrons. The van der Waals surface area contributed by atoms with E-state index in [2.05, 4.69) is 44.2 Å². The molecule has 3 rings (SSSR count). The SMILES string of the molecule is COc1cc2c(c(-c3cc(C)ccc3C)c1)OC(CCN)C2. The first-order valence-electron chi connectivity index (χ1n) is 7.77. The van der Waals surface area contributed by atoms with Crippen molar-refractivity contribution >= 4 is 0 Å². The number of aryl methyl sites for hydroxylation is 2. The third kappa shape index (κ3) is 2.69. The summed E-state index contributed by atoms with van der Waals surface area (Å²) >= 11 is 0. The predicted molar refractivity (Wildman–Crippen MR) is 89.7 cm³/mol. The van der Waals surface area contributed by atoms with Crippen molar-refractivity contribution in [3.8, 4) is 22.6 Å². The van der Waals surface area contributed by atoms with Gasteiger partial charge in [-0.15, -0.1) is 0 Å². The Morgan fingerprint density at radius 3 is 2.73 bits per heavy atom. The number of hydrogen-bond donors (Lipinski definition) is 1. The van der Waals surface area contributed by atoms with E-state index >= 15 is 0 Å². The molecule has 0 saturated heterocycles. The molecule has 0 bridgehead atoms. The van der Waals surface area contributed by atoms with Crippen molar-refractivity contribution in [1.29, 1.82) is 0 Å². The van der Waals surface area contributed by atoms with Gasteiger partial charge in [0.25, 0.3) is 0 Å². The lowest BCUT2D eigenvalue weighted by atomic mass is 9.95. The molecule has 0 spiro atoms. The molecule has 0 amide bonds. The number of nitrogens with two attached hydrogens (primary N) is 1. The Kier molecular flexibility index (Phi) is 4.08. The summed E-state index contributed by atoms with van der Waals surface area (Å²) < 4.78 is 11.7. The number of benzene rings is 2. The highest BCUT2D eigenvalue weighted by Gasteiger charge is 2.27. The van der Waals surface area contributed by atoms with Gasteiger partial charge >= 0.3 is 0 Å². The second kappa shape index (κ2) is 6.01. The van der Waals surface area contributed by atoms with E-state index in [-0.39, 0.29) is 6.10 Å². The van der Waals surface area contributed by atoms with Crippen molar-refractivity contribution in [1.82, 2.24) is 0 Å². The van der Waals surface area contributed by atoms with Crippen LogP contribution in [0.25, 0.3) is 11.1 Å². The highest BCUT2D eigenvalue weighted by molar-refractivity contribution is 5.77. The maximum Gasteiger partial charge on any atom is 0.131 e. The van der Waals surface area contributed by atoms with E-state index < -0.39 is 0 Å². The topological polar surface area (TPSA) is 44.5 Å². The molecule has 1 aliphatic rings. The molecule has 2 aromatic rings. The van der Waals surface area contributed by atoms with Crippen molar-refractivity contribution in [2.75, 3.05) is 13.7 Å². The van der Waals surface area contributed by atoms with E-state index in [1.54, 1.807) is 7.11 Å². The molecule has 3 heteroatoms. The Labute approximate surface area is 132 Å².